The van der Waals surface area contributed by atoms with E-state index in [1.54, 1.807) is 17.0 Å². The summed E-state index contributed by atoms with van der Waals surface area (Å²) >= 11 is 2.20. The summed E-state index contributed by atoms with van der Waals surface area (Å²) in [4.78, 5) is 26.0. The first kappa shape index (κ1) is 13.3. The van der Waals surface area contributed by atoms with Gasteiger partial charge in [0, 0.05) is 21.2 Å². The van der Waals surface area contributed by atoms with Crippen LogP contribution in [0.5, 0.6) is 0 Å². The molecule has 0 saturated carbocycles. The number of halogens is 1. The van der Waals surface area contributed by atoms with Crippen LogP contribution in [0.4, 0.5) is 0 Å². The highest BCUT2D eigenvalue weighted by Crippen LogP contribution is 2.22. The zero-order valence-corrected chi connectivity index (χ0v) is 12.8. The van der Waals surface area contributed by atoms with Gasteiger partial charge >= 0.3 is 0 Å². The fraction of sp³-hybridized carbons (Fsp3) is 0.125. The Hall–Kier alpha value is -1.69. The molecule has 2 aromatic carbocycles. The monoisotopic (exact) mass is 377 g/mol. The second-order valence-corrected chi connectivity index (χ2v) is 5.99. The van der Waals surface area contributed by atoms with Gasteiger partial charge in [-0.3, -0.25) is 9.59 Å². The average Bonchev–Trinajstić information content (AvgIpc) is 2.77. The lowest BCUT2D eigenvalue weighted by molar-refractivity contribution is 0.0729. The minimum absolute atomic E-state index is 0.0254. The minimum Gasteiger partial charge on any atom is -0.327 e. The molecular formula is C16H12INO2. The molecule has 0 fully saturated rings. The Balaban J connectivity index is 1.75. The lowest BCUT2D eigenvalue weighted by Crippen LogP contribution is -2.30. The highest BCUT2D eigenvalue weighted by Gasteiger charge is 2.28. The maximum atomic E-state index is 12.2. The lowest BCUT2D eigenvalue weighted by Gasteiger charge is -2.14. The number of carbonyl (C=O) groups is 2. The first-order valence-corrected chi connectivity index (χ1v) is 7.39. The van der Waals surface area contributed by atoms with E-state index in [-0.39, 0.29) is 18.2 Å². The summed E-state index contributed by atoms with van der Waals surface area (Å²) in [5, 5.41) is 0. The van der Waals surface area contributed by atoms with E-state index < -0.39 is 0 Å². The third kappa shape index (κ3) is 2.47. The summed E-state index contributed by atoms with van der Waals surface area (Å²) in [6, 6.07) is 14.9. The number of benzene rings is 2. The van der Waals surface area contributed by atoms with Crippen molar-refractivity contribution < 1.29 is 9.59 Å². The Morgan fingerprint density at radius 1 is 1.10 bits per heavy atom. The number of rotatable bonds is 3. The predicted molar refractivity (Wildman–Crippen MR) is 84.7 cm³/mol. The summed E-state index contributed by atoms with van der Waals surface area (Å²) in [7, 11) is 0. The normalized spacial score (nSPS) is 13.4. The van der Waals surface area contributed by atoms with Gasteiger partial charge < -0.3 is 4.90 Å². The van der Waals surface area contributed by atoms with E-state index in [9.17, 15) is 9.59 Å². The highest BCUT2D eigenvalue weighted by atomic mass is 127. The van der Waals surface area contributed by atoms with Crippen molar-refractivity contribution in [3.63, 3.8) is 0 Å². The quantitative estimate of drug-likeness (QED) is 0.609. The molecule has 1 aliphatic rings. The van der Waals surface area contributed by atoms with Crippen molar-refractivity contribution in [3.8, 4) is 0 Å². The SMILES string of the molecule is O=C(CN1Cc2ccccc2C1=O)c1ccc(I)cc1. The van der Waals surface area contributed by atoms with E-state index in [0.717, 1.165) is 9.13 Å². The van der Waals surface area contributed by atoms with Gasteiger partial charge in [-0.15, -0.1) is 0 Å². The first-order valence-electron chi connectivity index (χ1n) is 6.31. The Morgan fingerprint density at radius 2 is 1.80 bits per heavy atom. The third-order valence-corrected chi connectivity index (χ3v) is 4.12. The lowest BCUT2D eigenvalue weighted by atomic mass is 10.1. The molecule has 1 aliphatic heterocycles. The van der Waals surface area contributed by atoms with Crippen LogP contribution in [-0.2, 0) is 6.54 Å². The molecule has 20 heavy (non-hydrogen) atoms. The maximum absolute atomic E-state index is 12.2. The molecule has 100 valence electrons. The molecule has 0 spiro atoms. The Bertz CT molecular complexity index is 679. The largest absolute Gasteiger partial charge is 0.327 e. The molecule has 0 atom stereocenters. The van der Waals surface area contributed by atoms with Gasteiger partial charge in [0.05, 0.1) is 6.54 Å². The smallest absolute Gasteiger partial charge is 0.254 e. The second kappa shape index (κ2) is 5.36. The molecule has 1 amide bonds. The van der Waals surface area contributed by atoms with Crippen molar-refractivity contribution in [2.45, 2.75) is 6.54 Å². The summed E-state index contributed by atoms with van der Waals surface area (Å²) in [5.41, 5.74) is 2.35. The van der Waals surface area contributed by atoms with Gasteiger partial charge in [0.15, 0.2) is 5.78 Å². The number of hydrogen-bond donors (Lipinski definition) is 0. The summed E-state index contributed by atoms with van der Waals surface area (Å²) in [5.74, 6) is -0.0815. The van der Waals surface area contributed by atoms with Gasteiger partial charge in [0.25, 0.3) is 5.91 Å². The summed E-state index contributed by atoms with van der Waals surface area (Å²) in [6.45, 7) is 0.652. The Kier molecular flexibility index (Phi) is 3.56. The van der Waals surface area contributed by atoms with Gasteiger partial charge in [-0.25, -0.2) is 0 Å². The first-order chi connectivity index (χ1) is 9.65. The van der Waals surface area contributed by atoms with Gasteiger partial charge in [-0.05, 0) is 46.4 Å². The van der Waals surface area contributed by atoms with E-state index in [0.29, 0.717) is 17.7 Å². The van der Waals surface area contributed by atoms with Gasteiger partial charge in [0.1, 0.15) is 0 Å². The van der Waals surface area contributed by atoms with Crippen LogP contribution in [0.3, 0.4) is 0 Å². The van der Waals surface area contributed by atoms with Crippen molar-refractivity contribution >= 4 is 34.3 Å². The van der Waals surface area contributed by atoms with Crippen LogP contribution in [0.1, 0.15) is 26.3 Å². The van der Waals surface area contributed by atoms with E-state index >= 15 is 0 Å². The van der Waals surface area contributed by atoms with Crippen LogP contribution in [0.15, 0.2) is 48.5 Å². The second-order valence-electron chi connectivity index (χ2n) is 4.75. The molecule has 0 saturated heterocycles. The molecule has 3 nitrogen and oxygen atoms in total. The summed E-state index contributed by atoms with van der Waals surface area (Å²) in [6.07, 6.45) is 0. The number of fused-ring (bicyclic) bond motifs is 1. The molecule has 0 aliphatic carbocycles. The zero-order valence-electron chi connectivity index (χ0n) is 10.7. The summed E-state index contributed by atoms with van der Waals surface area (Å²) < 4.78 is 1.09. The number of Topliss-reactive ketones (excluding diaryl/α,β-unsaturated/α-hetero) is 1. The molecule has 0 aromatic heterocycles. The molecule has 0 unspecified atom stereocenters. The van der Waals surface area contributed by atoms with Crippen molar-refractivity contribution in [2.75, 3.05) is 6.54 Å². The van der Waals surface area contributed by atoms with Crippen molar-refractivity contribution in [1.29, 1.82) is 0 Å². The molecule has 2 aromatic rings. The van der Waals surface area contributed by atoms with Crippen molar-refractivity contribution in [3.05, 3.63) is 68.8 Å². The van der Waals surface area contributed by atoms with E-state index in [4.69, 9.17) is 0 Å². The number of carbonyl (C=O) groups excluding carboxylic acids is 2. The minimum atomic E-state index is -0.0561. The Morgan fingerprint density at radius 3 is 2.50 bits per heavy atom. The van der Waals surface area contributed by atoms with E-state index in [1.807, 2.05) is 36.4 Å². The molecule has 0 N–H and O–H groups in total. The topological polar surface area (TPSA) is 37.4 Å². The van der Waals surface area contributed by atoms with Crippen LogP contribution in [0.2, 0.25) is 0 Å². The fourth-order valence-electron chi connectivity index (χ4n) is 2.34. The average molecular weight is 377 g/mol. The zero-order chi connectivity index (χ0) is 14.1. The maximum Gasteiger partial charge on any atom is 0.254 e. The van der Waals surface area contributed by atoms with Gasteiger partial charge in [-0.1, -0.05) is 30.3 Å². The number of hydrogen-bond acceptors (Lipinski definition) is 2. The van der Waals surface area contributed by atoms with Crippen molar-refractivity contribution in [1.82, 2.24) is 4.90 Å². The fourth-order valence-corrected chi connectivity index (χ4v) is 2.70. The molecule has 1 heterocycles. The number of amides is 1. The van der Waals surface area contributed by atoms with Crippen LogP contribution < -0.4 is 0 Å². The molecule has 4 heteroatoms. The number of ketones is 1. The highest BCUT2D eigenvalue weighted by molar-refractivity contribution is 14.1. The van der Waals surface area contributed by atoms with E-state index in [2.05, 4.69) is 22.6 Å². The van der Waals surface area contributed by atoms with Gasteiger partial charge in [-0.2, -0.15) is 0 Å². The van der Waals surface area contributed by atoms with Crippen LogP contribution in [0.25, 0.3) is 0 Å². The third-order valence-electron chi connectivity index (χ3n) is 3.40. The molecule has 0 radical (unpaired) electrons. The predicted octanol–water partition coefficient (Wildman–Crippen LogP) is 3.13. The van der Waals surface area contributed by atoms with Crippen LogP contribution in [0, 0.1) is 3.57 Å². The Labute approximate surface area is 130 Å². The van der Waals surface area contributed by atoms with Gasteiger partial charge in [0.2, 0.25) is 0 Å². The number of nitrogens with zero attached hydrogens (tertiary/aromatic N) is 1. The standard InChI is InChI=1S/C16H12INO2/c17-13-7-5-11(6-8-13)15(19)10-18-9-12-3-1-2-4-14(12)16(18)20/h1-8H,9-10H2. The molecular weight excluding hydrogens is 365 g/mol. The molecule has 3 rings (SSSR count). The molecule has 0 bridgehead atoms. The van der Waals surface area contributed by atoms with E-state index in [1.165, 1.54) is 0 Å². The van der Waals surface area contributed by atoms with Crippen molar-refractivity contribution in [2.24, 2.45) is 0 Å². The van der Waals surface area contributed by atoms with Crippen LogP contribution in [-0.4, -0.2) is 23.1 Å². The van der Waals surface area contributed by atoms with Crippen LogP contribution >= 0.6 is 22.6 Å².